The molecule has 0 N–H and O–H groups in total. The van der Waals surface area contributed by atoms with Crippen LogP contribution in [0.25, 0.3) is 10.9 Å². The minimum absolute atomic E-state index is 0.0756. The van der Waals surface area contributed by atoms with E-state index in [1.807, 2.05) is 0 Å². The summed E-state index contributed by atoms with van der Waals surface area (Å²) in [6.07, 6.45) is 1.61. The van der Waals surface area contributed by atoms with Gasteiger partial charge in [0.2, 0.25) is 0 Å². The number of nitrogens with zero attached hydrogens (tertiary/aromatic N) is 2. The van der Waals surface area contributed by atoms with Gasteiger partial charge in [0, 0.05) is 11.6 Å². The highest BCUT2D eigenvalue weighted by molar-refractivity contribution is 7.99. The summed E-state index contributed by atoms with van der Waals surface area (Å²) in [7, 11) is 3.04. The van der Waals surface area contributed by atoms with Crippen LogP contribution in [0.4, 0.5) is 0 Å². The monoisotopic (exact) mass is 430 g/mol. The highest BCUT2D eigenvalue weighted by Crippen LogP contribution is 2.27. The predicted molar refractivity (Wildman–Crippen MR) is 116 cm³/mol. The molecule has 150 valence electrons. The Balaban J connectivity index is 1.95. The molecule has 0 fully saturated rings. The van der Waals surface area contributed by atoms with Crippen LogP contribution in [0.1, 0.15) is 10.4 Å². The van der Waals surface area contributed by atoms with E-state index in [2.05, 4.69) is 11.6 Å². The number of rotatable bonds is 8. The number of aromatic nitrogens is 2. The summed E-state index contributed by atoms with van der Waals surface area (Å²) >= 11 is 7.20. The van der Waals surface area contributed by atoms with Crippen LogP contribution in [0.3, 0.4) is 0 Å². The molecule has 0 aliphatic carbocycles. The van der Waals surface area contributed by atoms with Crippen LogP contribution in [0, 0.1) is 0 Å². The van der Waals surface area contributed by atoms with Crippen LogP contribution < -0.4 is 15.0 Å². The second-order valence-corrected chi connectivity index (χ2v) is 7.42. The first-order chi connectivity index (χ1) is 14.0. The van der Waals surface area contributed by atoms with Gasteiger partial charge in [0.05, 0.1) is 36.4 Å². The molecule has 0 spiro atoms. The van der Waals surface area contributed by atoms with Crippen molar-refractivity contribution in [1.82, 2.24) is 9.55 Å². The molecule has 0 bridgehead atoms. The Morgan fingerprint density at radius 2 is 2.03 bits per heavy atom. The third-order valence-electron chi connectivity index (χ3n) is 4.23. The van der Waals surface area contributed by atoms with Crippen molar-refractivity contribution in [2.24, 2.45) is 0 Å². The Kier molecular flexibility index (Phi) is 6.61. The van der Waals surface area contributed by atoms with Gasteiger partial charge in [-0.15, -0.1) is 6.58 Å². The van der Waals surface area contributed by atoms with Crippen LogP contribution in [-0.4, -0.2) is 35.3 Å². The van der Waals surface area contributed by atoms with E-state index < -0.39 is 0 Å². The molecule has 0 aliphatic rings. The van der Waals surface area contributed by atoms with Gasteiger partial charge < -0.3 is 9.47 Å². The lowest BCUT2D eigenvalue weighted by Crippen LogP contribution is -2.23. The van der Waals surface area contributed by atoms with Gasteiger partial charge in [-0.05, 0) is 36.4 Å². The van der Waals surface area contributed by atoms with Crippen LogP contribution >= 0.6 is 23.4 Å². The minimum atomic E-state index is -0.230. The fourth-order valence-corrected chi connectivity index (χ4v) is 3.88. The van der Waals surface area contributed by atoms with E-state index >= 15 is 0 Å². The lowest BCUT2D eigenvalue weighted by molar-refractivity contribution is 0.101. The van der Waals surface area contributed by atoms with Crippen molar-refractivity contribution >= 4 is 40.0 Å². The van der Waals surface area contributed by atoms with Gasteiger partial charge in [0.25, 0.3) is 5.56 Å². The van der Waals surface area contributed by atoms with Gasteiger partial charge in [-0.25, -0.2) is 4.98 Å². The van der Waals surface area contributed by atoms with E-state index in [1.54, 1.807) is 42.5 Å². The number of thioether (sulfide) groups is 1. The Hall–Kier alpha value is -2.77. The molecule has 2 aromatic carbocycles. The molecule has 8 heteroatoms. The van der Waals surface area contributed by atoms with Crippen LogP contribution in [0.5, 0.6) is 11.5 Å². The number of Topliss-reactive ketones (excluding diaryl/α,β-unsaturated/α-hetero) is 1. The summed E-state index contributed by atoms with van der Waals surface area (Å²) in [6.45, 7) is 3.97. The zero-order valence-electron chi connectivity index (χ0n) is 16.0. The van der Waals surface area contributed by atoms with Crippen molar-refractivity contribution in [2.45, 2.75) is 11.7 Å². The van der Waals surface area contributed by atoms with E-state index in [9.17, 15) is 9.59 Å². The highest BCUT2D eigenvalue weighted by atomic mass is 35.5. The molecule has 3 rings (SSSR count). The zero-order chi connectivity index (χ0) is 21.0. The molecule has 29 heavy (non-hydrogen) atoms. The van der Waals surface area contributed by atoms with Gasteiger partial charge in [-0.1, -0.05) is 29.4 Å². The number of hydrogen-bond donors (Lipinski definition) is 0. The average molecular weight is 431 g/mol. The Bertz CT molecular complexity index is 1140. The summed E-state index contributed by atoms with van der Waals surface area (Å²) in [5.41, 5.74) is 0.699. The van der Waals surface area contributed by atoms with Crippen LogP contribution in [-0.2, 0) is 6.54 Å². The number of hydrogen-bond acceptors (Lipinski definition) is 6. The number of carbonyl (C=O) groups is 1. The fraction of sp³-hybridized carbons (Fsp3) is 0.190. The summed E-state index contributed by atoms with van der Waals surface area (Å²) in [5, 5.41) is 1.31. The van der Waals surface area contributed by atoms with Crippen LogP contribution in [0.15, 0.2) is 59.0 Å². The molecule has 0 amide bonds. The third-order valence-corrected chi connectivity index (χ3v) is 5.44. The summed E-state index contributed by atoms with van der Waals surface area (Å²) in [5.74, 6) is 0.928. The normalized spacial score (nSPS) is 10.7. The van der Waals surface area contributed by atoms with Gasteiger partial charge in [-0.3, -0.25) is 14.2 Å². The number of allylic oxidation sites excluding steroid dienone is 1. The van der Waals surface area contributed by atoms with Crippen molar-refractivity contribution in [3.63, 3.8) is 0 Å². The van der Waals surface area contributed by atoms with Gasteiger partial charge in [0.1, 0.15) is 11.5 Å². The van der Waals surface area contributed by atoms with Crippen molar-refractivity contribution < 1.29 is 14.3 Å². The summed E-state index contributed by atoms with van der Waals surface area (Å²) in [4.78, 5) is 30.2. The van der Waals surface area contributed by atoms with E-state index in [0.29, 0.717) is 38.1 Å². The molecular weight excluding hydrogens is 412 g/mol. The molecule has 0 atom stereocenters. The first-order valence-corrected chi connectivity index (χ1v) is 10.0. The molecule has 1 heterocycles. The molecule has 0 unspecified atom stereocenters. The van der Waals surface area contributed by atoms with Gasteiger partial charge in [-0.2, -0.15) is 0 Å². The SMILES string of the molecule is C=CCn1c(SCC(=O)c2cc(OC)ccc2OC)nc2ccc(Cl)cc2c1=O. The number of ether oxygens (including phenoxy) is 2. The highest BCUT2D eigenvalue weighted by Gasteiger charge is 2.17. The lowest BCUT2D eigenvalue weighted by Gasteiger charge is -2.12. The summed E-state index contributed by atoms with van der Waals surface area (Å²) in [6, 6.07) is 9.99. The molecule has 6 nitrogen and oxygen atoms in total. The summed E-state index contributed by atoms with van der Waals surface area (Å²) < 4.78 is 12.0. The molecule has 3 aromatic rings. The van der Waals surface area contributed by atoms with E-state index in [4.69, 9.17) is 21.1 Å². The average Bonchev–Trinajstić information content (AvgIpc) is 2.74. The maximum Gasteiger partial charge on any atom is 0.262 e. The van der Waals surface area contributed by atoms with Crippen molar-refractivity contribution in [3.05, 3.63) is 70.0 Å². The van der Waals surface area contributed by atoms with Crippen molar-refractivity contribution in [2.75, 3.05) is 20.0 Å². The lowest BCUT2D eigenvalue weighted by atomic mass is 10.1. The smallest absolute Gasteiger partial charge is 0.262 e. The Morgan fingerprint density at radius 3 is 2.72 bits per heavy atom. The Morgan fingerprint density at radius 1 is 1.24 bits per heavy atom. The molecule has 0 aliphatic heterocycles. The minimum Gasteiger partial charge on any atom is -0.497 e. The Labute approximate surface area is 177 Å². The first kappa shape index (κ1) is 21.0. The largest absolute Gasteiger partial charge is 0.497 e. The van der Waals surface area contributed by atoms with E-state index in [0.717, 1.165) is 0 Å². The zero-order valence-corrected chi connectivity index (χ0v) is 17.5. The topological polar surface area (TPSA) is 70.4 Å². The molecule has 0 saturated carbocycles. The number of benzene rings is 2. The molecular formula is C21H19ClN2O4S. The van der Waals surface area contributed by atoms with Crippen molar-refractivity contribution in [1.29, 1.82) is 0 Å². The third kappa shape index (κ3) is 4.46. The molecule has 1 aromatic heterocycles. The van der Waals surface area contributed by atoms with Gasteiger partial charge in [0.15, 0.2) is 10.9 Å². The van der Waals surface area contributed by atoms with Crippen LogP contribution in [0.2, 0.25) is 5.02 Å². The maximum absolute atomic E-state index is 12.9. The van der Waals surface area contributed by atoms with E-state index in [-0.39, 0.29) is 23.6 Å². The number of ketones is 1. The predicted octanol–water partition coefficient (Wildman–Crippen LogP) is 4.23. The fourth-order valence-electron chi connectivity index (χ4n) is 2.81. The standard InChI is InChI=1S/C21H19ClN2O4S/c1-4-9-24-20(26)15-10-13(22)5-7-17(15)23-21(24)29-12-18(25)16-11-14(27-2)6-8-19(16)28-3/h4-8,10-11H,1,9,12H2,2-3H3. The van der Waals surface area contributed by atoms with Gasteiger partial charge >= 0.3 is 0 Å². The number of carbonyl (C=O) groups excluding carboxylic acids is 1. The number of fused-ring (bicyclic) bond motifs is 1. The first-order valence-electron chi connectivity index (χ1n) is 8.67. The van der Waals surface area contributed by atoms with E-state index in [1.165, 1.54) is 30.5 Å². The maximum atomic E-state index is 12.9. The second kappa shape index (κ2) is 9.15. The number of halogens is 1. The number of methoxy groups -OCH3 is 2. The molecule has 0 saturated heterocycles. The quantitative estimate of drug-likeness (QED) is 0.230. The molecule has 0 radical (unpaired) electrons. The second-order valence-electron chi connectivity index (χ2n) is 6.04. The van der Waals surface area contributed by atoms with Crippen molar-refractivity contribution in [3.8, 4) is 11.5 Å².